The van der Waals surface area contributed by atoms with Gasteiger partial charge in [0, 0.05) is 5.69 Å². The first-order valence-electron chi connectivity index (χ1n) is 7.50. The predicted octanol–water partition coefficient (Wildman–Crippen LogP) is 2.81. The van der Waals surface area contributed by atoms with E-state index in [-0.39, 0.29) is 11.9 Å². The Morgan fingerprint density at radius 1 is 1.09 bits per heavy atom. The van der Waals surface area contributed by atoms with E-state index in [1.54, 1.807) is 4.90 Å². The van der Waals surface area contributed by atoms with Gasteiger partial charge in [0.1, 0.15) is 11.8 Å². The largest absolute Gasteiger partial charge is 0.494 e. The molecule has 4 nitrogen and oxygen atoms in total. The van der Waals surface area contributed by atoms with Crippen LogP contribution in [0.3, 0.4) is 0 Å². The second-order valence-electron chi connectivity index (χ2n) is 5.52. The van der Waals surface area contributed by atoms with Gasteiger partial charge in [-0.05, 0) is 43.7 Å². The summed E-state index contributed by atoms with van der Waals surface area (Å²) in [6.07, 6.45) is 0. The lowest BCUT2D eigenvalue weighted by atomic mass is 9.88. The van der Waals surface area contributed by atoms with Crippen molar-refractivity contribution in [1.29, 1.82) is 0 Å². The number of carbonyl (C=O) groups excluding carboxylic acids is 1. The summed E-state index contributed by atoms with van der Waals surface area (Å²) < 4.78 is 5.44. The molecule has 0 aromatic heterocycles. The van der Waals surface area contributed by atoms with Crippen LogP contribution in [0.25, 0.3) is 0 Å². The number of hydrogen-bond acceptors (Lipinski definition) is 3. The summed E-state index contributed by atoms with van der Waals surface area (Å²) in [5.41, 5.74) is 9.13. The van der Waals surface area contributed by atoms with E-state index in [2.05, 4.69) is 0 Å². The van der Waals surface area contributed by atoms with Crippen molar-refractivity contribution in [2.75, 3.05) is 11.5 Å². The van der Waals surface area contributed by atoms with Crippen LogP contribution in [0.2, 0.25) is 0 Å². The third-order valence-electron chi connectivity index (χ3n) is 3.99. The van der Waals surface area contributed by atoms with Gasteiger partial charge in [0.25, 0.3) is 0 Å². The van der Waals surface area contributed by atoms with Crippen molar-refractivity contribution in [3.05, 3.63) is 59.7 Å². The highest BCUT2D eigenvalue weighted by atomic mass is 16.5. The SMILES string of the molecule is CCOc1ccc(N2C(=O)[C@@H](N)[C@@H]2c2ccc(C)cc2)cc1. The van der Waals surface area contributed by atoms with Crippen LogP contribution in [0.15, 0.2) is 48.5 Å². The summed E-state index contributed by atoms with van der Waals surface area (Å²) in [4.78, 5) is 13.9. The molecule has 1 aliphatic rings. The number of amides is 1. The van der Waals surface area contributed by atoms with E-state index in [9.17, 15) is 4.79 Å². The van der Waals surface area contributed by atoms with Crippen molar-refractivity contribution in [1.82, 2.24) is 0 Å². The predicted molar refractivity (Wildman–Crippen MR) is 87.0 cm³/mol. The number of anilines is 1. The first-order valence-corrected chi connectivity index (χ1v) is 7.50. The van der Waals surface area contributed by atoms with Gasteiger partial charge >= 0.3 is 0 Å². The van der Waals surface area contributed by atoms with E-state index in [4.69, 9.17) is 10.5 Å². The van der Waals surface area contributed by atoms with Gasteiger partial charge in [-0.2, -0.15) is 0 Å². The van der Waals surface area contributed by atoms with Gasteiger partial charge in [0.2, 0.25) is 5.91 Å². The fraction of sp³-hybridized carbons (Fsp3) is 0.278. The highest BCUT2D eigenvalue weighted by Gasteiger charge is 2.46. The van der Waals surface area contributed by atoms with Gasteiger partial charge in [0.15, 0.2) is 0 Å². The minimum Gasteiger partial charge on any atom is -0.494 e. The Labute approximate surface area is 130 Å². The Morgan fingerprint density at radius 2 is 1.73 bits per heavy atom. The number of ether oxygens (including phenoxy) is 1. The van der Waals surface area contributed by atoms with E-state index >= 15 is 0 Å². The Hall–Kier alpha value is -2.33. The number of nitrogens with two attached hydrogens (primary N) is 1. The molecule has 0 bridgehead atoms. The molecular formula is C18H20N2O2. The molecule has 2 aromatic rings. The van der Waals surface area contributed by atoms with Crippen LogP contribution in [-0.4, -0.2) is 18.6 Å². The Bertz CT molecular complexity index is 664. The number of rotatable bonds is 4. The molecule has 114 valence electrons. The highest BCUT2D eigenvalue weighted by Crippen LogP contribution is 2.38. The van der Waals surface area contributed by atoms with Crippen LogP contribution >= 0.6 is 0 Å². The monoisotopic (exact) mass is 296 g/mol. The Balaban J connectivity index is 1.87. The Morgan fingerprint density at radius 3 is 2.32 bits per heavy atom. The average molecular weight is 296 g/mol. The second kappa shape index (κ2) is 5.81. The maximum Gasteiger partial charge on any atom is 0.247 e. The van der Waals surface area contributed by atoms with Crippen molar-refractivity contribution in [2.24, 2.45) is 5.73 Å². The molecule has 1 amide bonds. The fourth-order valence-corrected chi connectivity index (χ4v) is 2.79. The summed E-state index contributed by atoms with van der Waals surface area (Å²) in [6, 6.07) is 15.1. The first-order chi connectivity index (χ1) is 10.6. The lowest BCUT2D eigenvalue weighted by molar-refractivity contribution is -0.126. The number of carbonyl (C=O) groups is 1. The van der Waals surface area contributed by atoms with Crippen molar-refractivity contribution in [3.63, 3.8) is 0 Å². The molecule has 1 fully saturated rings. The molecule has 0 saturated carbocycles. The molecule has 2 atom stereocenters. The molecule has 0 unspecified atom stereocenters. The maximum absolute atomic E-state index is 12.2. The highest BCUT2D eigenvalue weighted by molar-refractivity contribution is 6.05. The molecule has 0 aliphatic carbocycles. The smallest absolute Gasteiger partial charge is 0.247 e. The third kappa shape index (κ3) is 2.46. The molecule has 0 radical (unpaired) electrons. The zero-order valence-electron chi connectivity index (χ0n) is 12.8. The molecule has 0 spiro atoms. The minimum absolute atomic E-state index is 0.0465. The summed E-state index contributed by atoms with van der Waals surface area (Å²) >= 11 is 0. The summed E-state index contributed by atoms with van der Waals surface area (Å²) in [7, 11) is 0. The number of benzene rings is 2. The van der Waals surface area contributed by atoms with Crippen molar-refractivity contribution >= 4 is 11.6 Å². The van der Waals surface area contributed by atoms with E-state index in [1.807, 2.05) is 62.4 Å². The second-order valence-corrected chi connectivity index (χ2v) is 5.52. The lowest BCUT2D eigenvalue weighted by Crippen LogP contribution is -2.63. The van der Waals surface area contributed by atoms with Crippen LogP contribution in [0.4, 0.5) is 5.69 Å². The molecule has 1 heterocycles. The van der Waals surface area contributed by atoms with E-state index in [0.717, 1.165) is 17.0 Å². The zero-order chi connectivity index (χ0) is 15.7. The van der Waals surface area contributed by atoms with Crippen LogP contribution in [0.1, 0.15) is 24.1 Å². The third-order valence-corrected chi connectivity index (χ3v) is 3.99. The molecule has 22 heavy (non-hydrogen) atoms. The van der Waals surface area contributed by atoms with Gasteiger partial charge in [-0.25, -0.2) is 0 Å². The summed E-state index contributed by atoms with van der Waals surface area (Å²) in [5.74, 6) is 0.755. The quantitative estimate of drug-likeness (QED) is 0.883. The van der Waals surface area contributed by atoms with Crippen molar-refractivity contribution < 1.29 is 9.53 Å². The van der Waals surface area contributed by atoms with E-state index < -0.39 is 6.04 Å². The topological polar surface area (TPSA) is 55.6 Å². The van der Waals surface area contributed by atoms with Crippen LogP contribution in [-0.2, 0) is 4.79 Å². The minimum atomic E-state index is -0.478. The lowest BCUT2D eigenvalue weighted by Gasteiger charge is -2.45. The summed E-state index contributed by atoms with van der Waals surface area (Å²) in [5, 5.41) is 0. The molecule has 2 aromatic carbocycles. The van der Waals surface area contributed by atoms with Crippen LogP contribution < -0.4 is 15.4 Å². The molecule has 3 rings (SSSR count). The summed E-state index contributed by atoms with van der Waals surface area (Å²) in [6.45, 7) is 4.61. The van der Waals surface area contributed by atoms with Gasteiger partial charge in [0.05, 0.1) is 12.6 Å². The molecule has 1 saturated heterocycles. The standard InChI is InChI=1S/C18H20N2O2/c1-3-22-15-10-8-14(9-11-15)20-17(16(19)18(20)21)13-6-4-12(2)5-7-13/h4-11,16-17H,3,19H2,1-2H3/t16-,17-/m0/s1. The number of hydrogen-bond donors (Lipinski definition) is 1. The Kier molecular flexibility index (Phi) is 3.86. The van der Waals surface area contributed by atoms with Gasteiger partial charge in [-0.1, -0.05) is 29.8 Å². The number of β-lactam (4-membered cyclic amide) rings is 1. The maximum atomic E-state index is 12.2. The molecule has 4 heteroatoms. The average Bonchev–Trinajstić information content (AvgIpc) is 2.54. The van der Waals surface area contributed by atoms with Gasteiger partial charge < -0.3 is 15.4 Å². The van der Waals surface area contributed by atoms with E-state index in [0.29, 0.717) is 6.61 Å². The number of nitrogens with zero attached hydrogens (tertiary/aromatic N) is 1. The zero-order valence-corrected chi connectivity index (χ0v) is 12.8. The van der Waals surface area contributed by atoms with Gasteiger partial charge in [-0.3, -0.25) is 4.79 Å². The normalized spacial score (nSPS) is 20.7. The van der Waals surface area contributed by atoms with Crippen molar-refractivity contribution in [3.8, 4) is 5.75 Å². The number of aryl methyl sites for hydroxylation is 1. The van der Waals surface area contributed by atoms with E-state index in [1.165, 1.54) is 5.56 Å². The molecule has 1 aliphatic heterocycles. The first kappa shape index (κ1) is 14.6. The molecule has 2 N–H and O–H groups in total. The van der Waals surface area contributed by atoms with Crippen LogP contribution in [0, 0.1) is 6.92 Å². The van der Waals surface area contributed by atoms with Crippen molar-refractivity contribution in [2.45, 2.75) is 25.9 Å². The van der Waals surface area contributed by atoms with Gasteiger partial charge in [-0.15, -0.1) is 0 Å². The fourth-order valence-electron chi connectivity index (χ4n) is 2.79. The molecular weight excluding hydrogens is 276 g/mol. The van der Waals surface area contributed by atoms with Crippen LogP contribution in [0.5, 0.6) is 5.75 Å².